The summed E-state index contributed by atoms with van der Waals surface area (Å²) in [5.74, 6) is 0.952. The van der Waals surface area contributed by atoms with Crippen LogP contribution in [-0.2, 0) is 4.43 Å². The van der Waals surface area contributed by atoms with Crippen LogP contribution in [0.5, 0.6) is 5.95 Å². The summed E-state index contributed by atoms with van der Waals surface area (Å²) in [4.78, 5) is 4.29. The lowest BCUT2D eigenvalue weighted by Gasteiger charge is -2.22. The Morgan fingerprint density at radius 3 is 2.59 bits per heavy atom. The van der Waals surface area contributed by atoms with Gasteiger partial charge in [-0.2, -0.15) is 0 Å². The molecule has 2 rings (SSSR count). The van der Waals surface area contributed by atoms with Gasteiger partial charge in [0.1, 0.15) is 12.3 Å². The third-order valence-electron chi connectivity index (χ3n) is 2.78. The lowest BCUT2D eigenvalue weighted by atomic mass is 10.2. The number of aromatic nitrogens is 1. The summed E-state index contributed by atoms with van der Waals surface area (Å²) in [5, 5.41) is 0. The maximum Gasteiger partial charge on any atom is 0.305 e. The predicted molar refractivity (Wildman–Crippen MR) is 90.3 cm³/mol. The third-order valence-corrected chi connectivity index (χ3v) is 3.74. The molecule has 0 bridgehead atoms. The second kappa shape index (κ2) is 7.42. The Morgan fingerprint density at radius 2 is 1.95 bits per heavy atom. The van der Waals surface area contributed by atoms with Crippen LogP contribution in [0.4, 0.5) is 0 Å². The molecule has 0 aliphatic carbocycles. The van der Waals surface area contributed by atoms with Crippen molar-refractivity contribution in [2.45, 2.75) is 32.7 Å². The zero-order chi connectivity index (χ0) is 16.0. The fraction of sp³-hybridized carbons (Fsp3) is 0.353. The molecule has 118 valence electrons. The highest BCUT2D eigenvalue weighted by Gasteiger charge is 2.24. The molecule has 1 heterocycles. The number of oxazole rings is 1. The molecule has 1 aromatic heterocycles. The molecule has 5 heteroatoms. The highest BCUT2D eigenvalue weighted by atomic mass is 28.4. The van der Waals surface area contributed by atoms with E-state index in [2.05, 4.69) is 24.6 Å². The van der Waals surface area contributed by atoms with Gasteiger partial charge in [0, 0.05) is 0 Å². The summed E-state index contributed by atoms with van der Waals surface area (Å²) in [6.45, 7) is 8.88. The van der Waals surface area contributed by atoms with Crippen LogP contribution in [0.3, 0.4) is 0 Å². The molecule has 0 aliphatic heterocycles. The van der Waals surface area contributed by atoms with E-state index in [1.165, 1.54) is 0 Å². The van der Waals surface area contributed by atoms with Crippen LogP contribution < -0.4 is 4.74 Å². The van der Waals surface area contributed by atoms with Gasteiger partial charge in [-0.3, -0.25) is 0 Å². The van der Waals surface area contributed by atoms with Crippen LogP contribution in [0.25, 0.3) is 6.08 Å². The van der Waals surface area contributed by atoms with E-state index >= 15 is 0 Å². The lowest BCUT2D eigenvalue weighted by Crippen LogP contribution is -2.27. The van der Waals surface area contributed by atoms with Crippen molar-refractivity contribution in [2.75, 3.05) is 6.61 Å². The molecule has 1 atom stereocenters. The number of ether oxygens (including phenoxy) is 1. The molecule has 0 saturated carbocycles. The maximum atomic E-state index is 6.18. The topological polar surface area (TPSA) is 44.5 Å². The first-order valence-corrected chi connectivity index (χ1v) is 10.9. The monoisotopic (exact) mass is 317 g/mol. The molecule has 1 aromatic carbocycles. The molecule has 0 radical (unpaired) electrons. The van der Waals surface area contributed by atoms with Crippen molar-refractivity contribution in [3.05, 3.63) is 54.1 Å². The quantitative estimate of drug-likeness (QED) is 0.696. The van der Waals surface area contributed by atoms with Crippen molar-refractivity contribution in [3.63, 3.8) is 0 Å². The second-order valence-electron chi connectivity index (χ2n) is 5.87. The highest BCUT2D eigenvalue weighted by Crippen LogP contribution is 2.26. The summed E-state index contributed by atoms with van der Waals surface area (Å²) >= 11 is 0. The SMILES string of the molecule is CCOc1cnc(C(/C=C/c2ccccc2)O[Si](C)(C)C)o1. The highest BCUT2D eigenvalue weighted by molar-refractivity contribution is 6.69. The molecule has 1 unspecified atom stereocenters. The Labute approximate surface area is 132 Å². The summed E-state index contributed by atoms with van der Waals surface area (Å²) in [5.41, 5.74) is 1.11. The molecule has 0 aliphatic rings. The van der Waals surface area contributed by atoms with Crippen LogP contribution in [0.2, 0.25) is 19.6 Å². The molecule has 0 spiro atoms. The Hall–Kier alpha value is -1.85. The Kier molecular flexibility index (Phi) is 5.57. The predicted octanol–water partition coefficient (Wildman–Crippen LogP) is 4.68. The van der Waals surface area contributed by atoms with E-state index in [-0.39, 0.29) is 6.10 Å². The molecule has 0 amide bonds. The van der Waals surface area contributed by atoms with Gasteiger partial charge in [0.25, 0.3) is 0 Å². The maximum absolute atomic E-state index is 6.18. The van der Waals surface area contributed by atoms with E-state index in [9.17, 15) is 0 Å². The number of benzene rings is 1. The number of nitrogens with zero attached hydrogens (tertiary/aromatic N) is 1. The molecule has 4 nitrogen and oxygen atoms in total. The van der Waals surface area contributed by atoms with Gasteiger partial charge in [-0.25, -0.2) is 4.98 Å². The van der Waals surface area contributed by atoms with E-state index in [4.69, 9.17) is 13.6 Å². The summed E-state index contributed by atoms with van der Waals surface area (Å²) < 4.78 is 17.1. The van der Waals surface area contributed by atoms with Gasteiger partial charge in [-0.05, 0) is 38.2 Å². The van der Waals surface area contributed by atoms with Crippen LogP contribution in [0.1, 0.15) is 24.5 Å². The fourth-order valence-corrected chi connectivity index (χ4v) is 2.87. The van der Waals surface area contributed by atoms with Crippen molar-refractivity contribution >= 4 is 14.4 Å². The molecule has 0 fully saturated rings. The minimum absolute atomic E-state index is 0.305. The van der Waals surface area contributed by atoms with Gasteiger partial charge in [0.15, 0.2) is 8.32 Å². The zero-order valence-electron chi connectivity index (χ0n) is 13.6. The second-order valence-corrected chi connectivity index (χ2v) is 10.3. The average molecular weight is 317 g/mol. The van der Waals surface area contributed by atoms with Crippen LogP contribution in [0.15, 0.2) is 47.0 Å². The average Bonchev–Trinajstić information content (AvgIpc) is 2.92. The first-order valence-electron chi connectivity index (χ1n) is 7.47. The summed E-state index contributed by atoms with van der Waals surface area (Å²) in [6, 6.07) is 10.1. The summed E-state index contributed by atoms with van der Waals surface area (Å²) in [6.07, 6.45) is 5.29. The van der Waals surface area contributed by atoms with Gasteiger partial charge in [-0.1, -0.05) is 36.4 Å². The normalized spacial score (nSPS) is 13.5. The Bertz CT molecular complexity index is 602. The Balaban J connectivity index is 2.20. The molecule has 2 aromatic rings. The first-order chi connectivity index (χ1) is 10.5. The van der Waals surface area contributed by atoms with Crippen LogP contribution in [0, 0.1) is 0 Å². The van der Waals surface area contributed by atoms with Crippen LogP contribution >= 0.6 is 0 Å². The molecule has 0 N–H and O–H groups in total. The van der Waals surface area contributed by atoms with E-state index in [0.29, 0.717) is 18.4 Å². The minimum Gasteiger partial charge on any atom is -0.464 e. The van der Waals surface area contributed by atoms with Crippen LogP contribution in [-0.4, -0.2) is 19.9 Å². The van der Waals surface area contributed by atoms with Gasteiger partial charge >= 0.3 is 5.95 Å². The van der Waals surface area contributed by atoms with Gasteiger partial charge in [-0.15, -0.1) is 0 Å². The standard InChI is InChI=1S/C17H23NO3Si/c1-5-19-16-13-18-17(20-16)15(21-22(2,3)4)12-11-14-9-7-6-8-10-14/h6-13,15H,5H2,1-4H3/b12-11+. The van der Waals surface area contributed by atoms with Crippen molar-refractivity contribution in [1.82, 2.24) is 4.98 Å². The van der Waals surface area contributed by atoms with E-state index in [1.807, 2.05) is 49.4 Å². The largest absolute Gasteiger partial charge is 0.464 e. The number of hydrogen-bond acceptors (Lipinski definition) is 4. The van der Waals surface area contributed by atoms with E-state index < -0.39 is 8.32 Å². The minimum atomic E-state index is -1.74. The van der Waals surface area contributed by atoms with Crippen molar-refractivity contribution in [3.8, 4) is 5.95 Å². The fourth-order valence-electron chi connectivity index (χ4n) is 1.93. The van der Waals surface area contributed by atoms with Gasteiger partial charge in [0.05, 0.1) is 6.61 Å². The molecular formula is C17H23NO3Si. The smallest absolute Gasteiger partial charge is 0.305 e. The molecule has 22 heavy (non-hydrogen) atoms. The zero-order valence-corrected chi connectivity index (χ0v) is 14.6. The molecule has 0 saturated heterocycles. The molecular weight excluding hydrogens is 294 g/mol. The van der Waals surface area contributed by atoms with Gasteiger partial charge in [0.2, 0.25) is 5.89 Å². The van der Waals surface area contributed by atoms with Crippen molar-refractivity contribution < 1.29 is 13.6 Å². The first kappa shape index (κ1) is 16.5. The number of hydrogen-bond donors (Lipinski definition) is 0. The van der Waals surface area contributed by atoms with E-state index in [0.717, 1.165) is 5.56 Å². The third kappa shape index (κ3) is 5.16. The van der Waals surface area contributed by atoms with Gasteiger partial charge < -0.3 is 13.6 Å². The van der Waals surface area contributed by atoms with Crippen molar-refractivity contribution in [1.29, 1.82) is 0 Å². The summed E-state index contributed by atoms with van der Waals surface area (Å²) in [7, 11) is -1.74. The van der Waals surface area contributed by atoms with Crippen molar-refractivity contribution in [2.24, 2.45) is 0 Å². The number of rotatable bonds is 7. The Morgan fingerprint density at radius 1 is 1.23 bits per heavy atom. The van der Waals surface area contributed by atoms with E-state index in [1.54, 1.807) is 6.20 Å². The lowest BCUT2D eigenvalue weighted by molar-refractivity contribution is 0.186.